The molecule has 0 heterocycles. The predicted octanol–water partition coefficient (Wildman–Crippen LogP) is 1.19. The maximum absolute atomic E-state index is 9.64. The van der Waals surface area contributed by atoms with E-state index in [1.807, 2.05) is 31.2 Å². The van der Waals surface area contributed by atoms with E-state index in [9.17, 15) is 5.11 Å². The van der Waals surface area contributed by atoms with Gasteiger partial charge in [-0.2, -0.15) is 0 Å². The number of hydrogen-bond acceptors (Lipinski definition) is 2. The molecule has 0 spiro atoms. The molecule has 2 N–H and O–H groups in total. The Kier molecular flexibility index (Phi) is 2.50. The van der Waals surface area contributed by atoms with Crippen molar-refractivity contribution in [3.05, 3.63) is 35.4 Å². The van der Waals surface area contributed by atoms with E-state index in [2.05, 4.69) is 0 Å². The normalized spacial score (nSPS) is 15.7. The summed E-state index contributed by atoms with van der Waals surface area (Å²) in [6.45, 7) is 3.32. The van der Waals surface area contributed by atoms with Gasteiger partial charge in [-0.05, 0) is 19.4 Å². The summed E-state index contributed by atoms with van der Waals surface area (Å²) in [4.78, 5) is 0. The standard InChI is InChI=1S/C10H14O2/c1-8-3-5-9(6-4-8)10(2,12)7-11/h3-6,11-12H,7H2,1-2H3/t10-/m0/s1. The second-order valence-corrected chi connectivity index (χ2v) is 3.30. The van der Waals surface area contributed by atoms with Gasteiger partial charge in [0.2, 0.25) is 0 Å². The summed E-state index contributed by atoms with van der Waals surface area (Å²) < 4.78 is 0. The zero-order valence-electron chi connectivity index (χ0n) is 7.41. The summed E-state index contributed by atoms with van der Waals surface area (Å²) in [5, 5.41) is 18.5. The summed E-state index contributed by atoms with van der Waals surface area (Å²) in [5.74, 6) is 0. The topological polar surface area (TPSA) is 40.5 Å². The van der Waals surface area contributed by atoms with Crippen molar-refractivity contribution in [3.63, 3.8) is 0 Å². The molecule has 0 bridgehead atoms. The largest absolute Gasteiger partial charge is 0.393 e. The highest BCUT2D eigenvalue weighted by atomic mass is 16.3. The molecular formula is C10H14O2. The molecule has 2 nitrogen and oxygen atoms in total. The van der Waals surface area contributed by atoms with Crippen LogP contribution in [0.2, 0.25) is 0 Å². The van der Waals surface area contributed by atoms with Gasteiger partial charge in [-0.3, -0.25) is 0 Å². The molecule has 2 heteroatoms. The van der Waals surface area contributed by atoms with E-state index >= 15 is 0 Å². The minimum atomic E-state index is -1.12. The molecule has 0 aliphatic rings. The Morgan fingerprint density at radius 3 is 2.17 bits per heavy atom. The summed E-state index contributed by atoms with van der Waals surface area (Å²) in [5.41, 5.74) is 0.774. The Balaban J connectivity index is 2.96. The van der Waals surface area contributed by atoms with Gasteiger partial charge in [-0.15, -0.1) is 0 Å². The highest BCUT2D eigenvalue weighted by Crippen LogP contribution is 2.19. The average molecular weight is 166 g/mol. The van der Waals surface area contributed by atoms with Crippen LogP contribution >= 0.6 is 0 Å². The van der Waals surface area contributed by atoms with Gasteiger partial charge in [-0.1, -0.05) is 29.8 Å². The fraction of sp³-hybridized carbons (Fsp3) is 0.400. The van der Waals surface area contributed by atoms with Crippen LogP contribution in [0.4, 0.5) is 0 Å². The molecule has 1 aromatic rings. The van der Waals surface area contributed by atoms with Crippen molar-refractivity contribution in [2.75, 3.05) is 6.61 Å². The van der Waals surface area contributed by atoms with Gasteiger partial charge in [0, 0.05) is 0 Å². The lowest BCUT2D eigenvalue weighted by atomic mass is 9.96. The zero-order chi connectivity index (χ0) is 9.19. The van der Waals surface area contributed by atoms with Crippen LogP contribution in [0.25, 0.3) is 0 Å². The predicted molar refractivity (Wildman–Crippen MR) is 47.8 cm³/mol. The first-order valence-corrected chi connectivity index (χ1v) is 3.96. The highest BCUT2D eigenvalue weighted by Gasteiger charge is 2.20. The van der Waals surface area contributed by atoms with Crippen molar-refractivity contribution < 1.29 is 10.2 Å². The lowest BCUT2D eigenvalue weighted by Gasteiger charge is -2.20. The SMILES string of the molecule is Cc1ccc([C@@](C)(O)CO)cc1. The van der Waals surface area contributed by atoms with Crippen molar-refractivity contribution in [2.24, 2.45) is 0 Å². The fourth-order valence-electron chi connectivity index (χ4n) is 1.00. The van der Waals surface area contributed by atoms with Crippen molar-refractivity contribution in [1.29, 1.82) is 0 Å². The number of aryl methyl sites for hydroxylation is 1. The first-order valence-electron chi connectivity index (χ1n) is 3.96. The van der Waals surface area contributed by atoms with Crippen LogP contribution in [-0.4, -0.2) is 16.8 Å². The Morgan fingerprint density at radius 1 is 1.25 bits per heavy atom. The van der Waals surface area contributed by atoms with Crippen LogP contribution in [0.1, 0.15) is 18.1 Å². The molecule has 0 saturated heterocycles. The third-order valence-electron chi connectivity index (χ3n) is 1.98. The smallest absolute Gasteiger partial charge is 0.110 e. The first kappa shape index (κ1) is 9.23. The second-order valence-electron chi connectivity index (χ2n) is 3.30. The number of hydrogen-bond donors (Lipinski definition) is 2. The molecule has 0 unspecified atom stereocenters. The maximum atomic E-state index is 9.64. The van der Waals surface area contributed by atoms with Crippen molar-refractivity contribution in [2.45, 2.75) is 19.4 Å². The van der Waals surface area contributed by atoms with Crippen molar-refractivity contribution in [1.82, 2.24) is 0 Å². The number of benzene rings is 1. The molecule has 1 atom stereocenters. The van der Waals surface area contributed by atoms with Crippen LogP contribution in [0.15, 0.2) is 24.3 Å². The molecule has 0 aromatic heterocycles. The summed E-state index contributed by atoms with van der Waals surface area (Å²) in [6, 6.07) is 7.48. The molecule has 12 heavy (non-hydrogen) atoms. The van der Waals surface area contributed by atoms with Gasteiger partial charge in [0.15, 0.2) is 0 Å². The van der Waals surface area contributed by atoms with Crippen LogP contribution in [0.3, 0.4) is 0 Å². The van der Waals surface area contributed by atoms with Crippen molar-refractivity contribution >= 4 is 0 Å². The molecular weight excluding hydrogens is 152 g/mol. The van der Waals surface area contributed by atoms with E-state index in [0.717, 1.165) is 11.1 Å². The second kappa shape index (κ2) is 3.25. The Labute approximate surface area is 72.5 Å². The van der Waals surface area contributed by atoms with Gasteiger partial charge in [0.05, 0.1) is 6.61 Å². The van der Waals surface area contributed by atoms with E-state index < -0.39 is 5.60 Å². The first-order chi connectivity index (χ1) is 5.56. The molecule has 1 rings (SSSR count). The lowest BCUT2D eigenvalue weighted by molar-refractivity contribution is -0.00228. The fourth-order valence-corrected chi connectivity index (χ4v) is 1.00. The number of aliphatic hydroxyl groups excluding tert-OH is 1. The van der Waals surface area contributed by atoms with E-state index in [1.54, 1.807) is 6.92 Å². The molecule has 1 aromatic carbocycles. The van der Waals surface area contributed by atoms with Gasteiger partial charge in [0.25, 0.3) is 0 Å². The third-order valence-corrected chi connectivity index (χ3v) is 1.98. The Hall–Kier alpha value is -0.860. The van der Waals surface area contributed by atoms with Gasteiger partial charge >= 0.3 is 0 Å². The van der Waals surface area contributed by atoms with E-state index in [1.165, 1.54) is 0 Å². The number of rotatable bonds is 2. The quantitative estimate of drug-likeness (QED) is 0.693. The molecule has 0 radical (unpaired) electrons. The van der Waals surface area contributed by atoms with Crippen molar-refractivity contribution in [3.8, 4) is 0 Å². The monoisotopic (exact) mass is 166 g/mol. The Bertz CT molecular complexity index is 249. The molecule has 0 saturated carbocycles. The van der Waals surface area contributed by atoms with Gasteiger partial charge in [-0.25, -0.2) is 0 Å². The van der Waals surface area contributed by atoms with Gasteiger partial charge < -0.3 is 10.2 Å². The summed E-state index contributed by atoms with van der Waals surface area (Å²) in [7, 11) is 0. The van der Waals surface area contributed by atoms with E-state index in [-0.39, 0.29) is 6.61 Å². The summed E-state index contributed by atoms with van der Waals surface area (Å²) in [6.07, 6.45) is 0. The van der Waals surface area contributed by atoms with Crippen LogP contribution in [-0.2, 0) is 5.60 Å². The molecule has 0 aliphatic carbocycles. The van der Waals surface area contributed by atoms with Gasteiger partial charge in [0.1, 0.15) is 5.60 Å². The average Bonchev–Trinajstić information content (AvgIpc) is 2.05. The van der Waals surface area contributed by atoms with Crippen LogP contribution < -0.4 is 0 Å². The summed E-state index contributed by atoms with van der Waals surface area (Å²) >= 11 is 0. The van der Waals surface area contributed by atoms with E-state index in [4.69, 9.17) is 5.11 Å². The molecule has 0 fully saturated rings. The molecule has 0 amide bonds. The Morgan fingerprint density at radius 2 is 1.75 bits per heavy atom. The van der Waals surface area contributed by atoms with E-state index in [0.29, 0.717) is 0 Å². The highest BCUT2D eigenvalue weighted by molar-refractivity contribution is 5.25. The molecule has 66 valence electrons. The van der Waals surface area contributed by atoms with Crippen LogP contribution in [0, 0.1) is 6.92 Å². The molecule has 0 aliphatic heterocycles. The number of aliphatic hydroxyl groups is 2. The third kappa shape index (κ3) is 1.84. The zero-order valence-corrected chi connectivity index (χ0v) is 7.41. The maximum Gasteiger partial charge on any atom is 0.110 e. The lowest BCUT2D eigenvalue weighted by Crippen LogP contribution is -2.25. The van der Waals surface area contributed by atoms with Crippen LogP contribution in [0.5, 0.6) is 0 Å². The minimum Gasteiger partial charge on any atom is -0.393 e. The minimum absolute atomic E-state index is 0.254.